The molecule has 1 saturated carbocycles. The highest BCUT2D eigenvalue weighted by atomic mass is 19.1. The second-order valence-electron chi connectivity index (χ2n) is 5.35. The molecule has 5 N–H and O–H groups in total. The van der Waals surface area contributed by atoms with Gasteiger partial charge in [-0.05, 0) is 25.0 Å². The van der Waals surface area contributed by atoms with Crippen LogP contribution in [-0.4, -0.2) is 28.3 Å². The fourth-order valence-corrected chi connectivity index (χ4v) is 2.70. The molecular weight excluding hydrogens is 263 g/mol. The first kappa shape index (κ1) is 14.6. The van der Waals surface area contributed by atoms with Gasteiger partial charge in [-0.3, -0.25) is 0 Å². The third kappa shape index (κ3) is 2.85. The van der Waals surface area contributed by atoms with Gasteiger partial charge in [0.2, 0.25) is 0 Å². The second kappa shape index (κ2) is 5.66. The summed E-state index contributed by atoms with van der Waals surface area (Å²) in [6, 6.07) is 2.19. The molecule has 0 atom stereocenters. The lowest BCUT2D eigenvalue weighted by Crippen LogP contribution is -2.44. The Morgan fingerprint density at radius 3 is 2.55 bits per heavy atom. The molecule has 0 spiro atoms. The minimum absolute atomic E-state index is 0.0608. The summed E-state index contributed by atoms with van der Waals surface area (Å²) in [5.41, 5.74) is 5.34. The second-order valence-corrected chi connectivity index (χ2v) is 5.35. The Labute approximate surface area is 116 Å². The van der Waals surface area contributed by atoms with E-state index in [-0.39, 0.29) is 12.3 Å². The highest BCUT2D eigenvalue weighted by Gasteiger charge is 2.32. The molecule has 0 bridgehead atoms. The molecule has 5 nitrogen and oxygen atoms in total. The number of aliphatic hydroxyl groups excluding tert-OH is 1. The highest BCUT2D eigenvalue weighted by molar-refractivity contribution is 5.90. The van der Waals surface area contributed by atoms with E-state index in [1.165, 1.54) is 0 Å². The van der Waals surface area contributed by atoms with Crippen molar-refractivity contribution in [1.82, 2.24) is 0 Å². The zero-order valence-electron chi connectivity index (χ0n) is 11.2. The van der Waals surface area contributed by atoms with Crippen LogP contribution in [0, 0.1) is 5.82 Å². The summed E-state index contributed by atoms with van der Waals surface area (Å²) in [6.07, 6.45) is 4.66. The lowest BCUT2D eigenvalue weighted by atomic mass is 9.82. The number of hydrogen-bond acceptors (Lipinski definition) is 4. The van der Waals surface area contributed by atoms with Gasteiger partial charge in [-0.15, -0.1) is 0 Å². The van der Waals surface area contributed by atoms with E-state index in [2.05, 4.69) is 5.32 Å². The number of aliphatic hydroxyl groups is 1. The monoisotopic (exact) mass is 282 g/mol. The molecular formula is C14H19FN2O3. The van der Waals surface area contributed by atoms with Gasteiger partial charge in [0.1, 0.15) is 5.82 Å². The van der Waals surface area contributed by atoms with Crippen LogP contribution in [-0.2, 0) is 0 Å². The van der Waals surface area contributed by atoms with Gasteiger partial charge in [-0.1, -0.05) is 19.3 Å². The summed E-state index contributed by atoms with van der Waals surface area (Å²) in [4.78, 5) is 10.8. The molecule has 1 aliphatic rings. The SMILES string of the molecule is Nc1cc(C(=O)O)c(F)cc1NC1(CO)CCCCC1. The van der Waals surface area contributed by atoms with Crippen LogP contribution in [0.1, 0.15) is 42.5 Å². The standard InChI is InChI=1S/C14H19FN2O3/c15-10-7-12(11(16)6-9(10)13(19)20)17-14(8-18)4-2-1-3-5-14/h6-7,17-18H,1-5,8,16H2,(H,19,20). The highest BCUT2D eigenvalue weighted by Crippen LogP contribution is 2.34. The van der Waals surface area contributed by atoms with E-state index in [9.17, 15) is 14.3 Å². The Hall–Kier alpha value is -1.82. The van der Waals surface area contributed by atoms with E-state index in [0.717, 1.165) is 44.2 Å². The largest absolute Gasteiger partial charge is 0.478 e. The smallest absolute Gasteiger partial charge is 0.338 e. The third-order valence-corrected chi connectivity index (χ3v) is 3.88. The van der Waals surface area contributed by atoms with E-state index in [1.54, 1.807) is 0 Å². The number of carboxylic acids is 1. The van der Waals surface area contributed by atoms with Crippen molar-refractivity contribution in [3.05, 3.63) is 23.5 Å². The van der Waals surface area contributed by atoms with Crippen molar-refractivity contribution in [2.24, 2.45) is 0 Å². The summed E-state index contributed by atoms with van der Waals surface area (Å²) in [7, 11) is 0. The first-order valence-electron chi connectivity index (χ1n) is 6.69. The van der Waals surface area contributed by atoms with Gasteiger partial charge in [-0.25, -0.2) is 9.18 Å². The maximum absolute atomic E-state index is 13.7. The lowest BCUT2D eigenvalue weighted by molar-refractivity contribution is 0.0692. The van der Waals surface area contributed by atoms with Crippen LogP contribution < -0.4 is 11.1 Å². The molecule has 1 fully saturated rings. The van der Waals surface area contributed by atoms with Crippen LogP contribution in [0.2, 0.25) is 0 Å². The van der Waals surface area contributed by atoms with Gasteiger partial charge in [-0.2, -0.15) is 0 Å². The number of nitrogen functional groups attached to an aromatic ring is 1. The predicted octanol–water partition coefficient (Wildman–Crippen LogP) is 2.21. The van der Waals surface area contributed by atoms with Crippen LogP contribution in [0.4, 0.5) is 15.8 Å². The van der Waals surface area contributed by atoms with Crippen LogP contribution in [0.5, 0.6) is 0 Å². The summed E-state index contributed by atoms with van der Waals surface area (Å²) in [6.45, 7) is -0.0608. The molecule has 0 amide bonds. The maximum Gasteiger partial charge on any atom is 0.338 e. The normalized spacial score (nSPS) is 17.7. The number of benzene rings is 1. The Bertz CT molecular complexity index is 513. The van der Waals surface area contributed by atoms with Crippen molar-refractivity contribution in [3.8, 4) is 0 Å². The number of carbonyl (C=O) groups is 1. The number of halogens is 1. The maximum atomic E-state index is 13.7. The average molecular weight is 282 g/mol. The minimum Gasteiger partial charge on any atom is -0.478 e. The van der Waals surface area contributed by atoms with E-state index >= 15 is 0 Å². The van der Waals surface area contributed by atoms with Gasteiger partial charge in [0.15, 0.2) is 0 Å². The van der Waals surface area contributed by atoms with Crippen molar-refractivity contribution in [1.29, 1.82) is 0 Å². The van der Waals surface area contributed by atoms with Crippen LogP contribution in [0.15, 0.2) is 12.1 Å². The zero-order chi connectivity index (χ0) is 14.8. The van der Waals surface area contributed by atoms with Crippen molar-refractivity contribution in [3.63, 3.8) is 0 Å². The fourth-order valence-electron chi connectivity index (χ4n) is 2.70. The van der Waals surface area contributed by atoms with Crippen LogP contribution in [0.3, 0.4) is 0 Å². The summed E-state index contributed by atoms with van der Waals surface area (Å²) < 4.78 is 13.7. The van der Waals surface area contributed by atoms with Crippen LogP contribution in [0.25, 0.3) is 0 Å². The molecule has 0 heterocycles. The Balaban J connectivity index is 2.29. The van der Waals surface area contributed by atoms with Gasteiger partial charge in [0.25, 0.3) is 0 Å². The quantitative estimate of drug-likeness (QED) is 0.635. The summed E-state index contributed by atoms with van der Waals surface area (Å²) in [5.74, 6) is -2.19. The molecule has 0 aliphatic heterocycles. The summed E-state index contributed by atoms with van der Waals surface area (Å²) in [5, 5.41) is 21.6. The molecule has 20 heavy (non-hydrogen) atoms. The molecule has 0 radical (unpaired) electrons. The molecule has 6 heteroatoms. The van der Waals surface area contributed by atoms with Crippen molar-refractivity contribution >= 4 is 17.3 Å². The molecule has 2 rings (SSSR count). The van der Waals surface area contributed by atoms with E-state index < -0.39 is 22.9 Å². The number of nitrogens with two attached hydrogens (primary N) is 1. The number of hydrogen-bond donors (Lipinski definition) is 4. The molecule has 0 aromatic heterocycles. The molecule has 110 valence electrons. The van der Waals surface area contributed by atoms with E-state index in [0.29, 0.717) is 5.69 Å². The number of anilines is 2. The topological polar surface area (TPSA) is 95.6 Å². The zero-order valence-corrected chi connectivity index (χ0v) is 11.2. The third-order valence-electron chi connectivity index (χ3n) is 3.88. The fraction of sp³-hybridized carbons (Fsp3) is 0.500. The molecule has 0 unspecified atom stereocenters. The van der Waals surface area contributed by atoms with E-state index in [1.807, 2.05) is 0 Å². The molecule has 0 saturated heterocycles. The van der Waals surface area contributed by atoms with E-state index in [4.69, 9.17) is 10.8 Å². The first-order valence-corrected chi connectivity index (χ1v) is 6.69. The van der Waals surface area contributed by atoms with Crippen molar-refractivity contribution < 1.29 is 19.4 Å². The van der Waals surface area contributed by atoms with Crippen molar-refractivity contribution in [2.75, 3.05) is 17.7 Å². The molecule has 1 aromatic carbocycles. The Kier molecular flexibility index (Phi) is 4.13. The minimum atomic E-state index is -1.35. The van der Waals surface area contributed by atoms with Gasteiger partial charge >= 0.3 is 5.97 Å². The lowest BCUT2D eigenvalue weighted by Gasteiger charge is -2.37. The molecule has 1 aromatic rings. The van der Waals surface area contributed by atoms with Gasteiger partial charge in [0.05, 0.1) is 29.1 Å². The van der Waals surface area contributed by atoms with Crippen LogP contribution >= 0.6 is 0 Å². The van der Waals surface area contributed by atoms with Gasteiger partial charge < -0.3 is 21.3 Å². The summed E-state index contributed by atoms with van der Waals surface area (Å²) >= 11 is 0. The Morgan fingerprint density at radius 1 is 1.35 bits per heavy atom. The predicted molar refractivity (Wildman–Crippen MR) is 74.3 cm³/mol. The molecule has 1 aliphatic carbocycles. The number of aromatic carboxylic acids is 1. The number of rotatable bonds is 4. The first-order chi connectivity index (χ1) is 9.47. The number of nitrogens with one attached hydrogen (secondary N) is 1. The van der Waals surface area contributed by atoms with Crippen molar-refractivity contribution in [2.45, 2.75) is 37.6 Å². The average Bonchev–Trinajstić information content (AvgIpc) is 2.43. The van der Waals surface area contributed by atoms with Gasteiger partial charge in [0, 0.05) is 0 Å². The Morgan fingerprint density at radius 2 is 2.00 bits per heavy atom. The number of carboxylic acid groups (broad SMARTS) is 1.